The first-order valence-corrected chi connectivity index (χ1v) is 5.18. The molecule has 2 heteroatoms. The van der Waals surface area contributed by atoms with Crippen LogP contribution in [0.4, 0.5) is 0 Å². The Hall–Kier alpha value is -0.530. The molecule has 78 valence electrons. The summed E-state index contributed by atoms with van der Waals surface area (Å²) < 4.78 is 0. The van der Waals surface area contributed by atoms with Crippen molar-refractivity contribution in [3.05, 3.63) is 0 Å². The molecule has 2 unspecified atom stereocenters. The predicted octanol–water partition coefficient (Wildman–Crippen LogP) is 3.17. The number of rotatable bonds is 6. The zero-order valence-electron chi connectivity index (χ0n) is 9.21. The van der Waals surface area contributed by atoms with Gasteiger partial charge in [0.05, 0.1) is 5.92 Å². The third-order valence-corrected chi connectivity index (χ3v) is 2.86. The molecule has 2 atom stereocenters. The lowest BCUT2D eigenvalue weighted by atomic mass is 9.91. The van der Waals surface area contributed by atoms with Gasteiger partial charge in [-0.25, -0.2) is 0 Å². The molecule has 0 rings (SSSR count). The van der Waals surface area contributed by atoms with Gasteiger partial charge in [-0.1, -0.05) is 40.5 Å². The van der Waals surface area contributed by atoms with Crippen LogP contribution in [0.5, 0.6) is 0 Å². The molecule has 0 aromatic heterocycles. The van der Waals surface area contributed by atoms with Crippen molar-refractivity contribution in [2.24, 2.45) is 17.8 Å². The maximum Gasteiger partial charge on any atom is 0.306 e. The molecule has 0 aliphatic heterocycles. The van der Waals surface area contributed by atoms with Crippen molar-refractivity contribution in [3.8, 4) is 0 Å². The van der Waals surface area contributed by atoms with Crippen LogP contribution in [0, 0.1) is 17.8 Å². The average molecular weight is 186 g/mol. The van der Waals surface area contributed by atoms with Crippen LogP contribution in [0.2, 0.25) is 0 Å². The van der Waals surface area contributed by atoms with Gasteiger partial charge in [-0.15, -0.1) is 0 Å². The zero-order chi connectivity index (χ0) is 10.4. The Labute approximate surface area is 81.3 Å². The fraction of sp³-hybridized carbons (Fsp3) is 0.909. The summed E-state index contributed by atoms with van der Waals surface area (Å²) in [7, 11) is 0. The lowest BCUT2D eigenvalue weighted by molar-refractivity contribution is -0.141. The molecule has 0 aromatic rings. The lowest BCUT2D eigenvalue weighted by Gasteiger charge is -2.15. The van der Waals surface area contributed by atoms with Gasteiger partial charge in [-0.3, -0.25) is 4.79 Å². The Morgan fingerprint density at radius 3 is 2.08 bits per heavy atom. The van der Waals surface area contributed by atoms with E-state index in [2.05, 4.69) is 20.8 Å². The van der Waals surface area contributed by atoms with Crippen molar-refractivity contribution >= 4 is 5.97 Å². The standard InChI is InChI=1S/C11H22O2/c1-8(2)9(3)6-5-7-10(4)11(12)13/h8-10H,5-7H2,1-4H3,(H,12,13). The molecule has 0 saturated heterocycles. The molecule has 0 aromatic carbocycles. The van der Waals surface area contributed by atoms with E-state index in [0.29, 0.717) is 11.8 Å². The van der Waals surface area contributed by atoms with Gasteiger partial charge in [0, 0.05) is 0 Å². The van der Waals surface area contributed by atoms with Gasteiger partial charge in [0.2, 0.25) is 0 Å². The molecule has 0 fully saturated rings. The Morgan fingerprint density at radius 2 is 1.69 bits per heavy atom. The van der Waals surface area contributed by atoms with Crippen molar-refractivity contribution in [1.82, 2.24) is 0 Å². The molecule has 2 nitrogen and oxygen atoms in total. The summed E-state index contributed by atoms with van der Waals surface area (Å²) in [5.41, 5.74) is 0. The van der Waals surface area contributed by atoms with Gasteiger partial charge in [0.15, 0.2) is 0 Å². The van der Waals surface area contributed by atoms with Crippen LogP contribution in [-0.2, 0) is 4.79 Å². The summed E-state index contributed by atoms with van der Waals surface area (Å²) in [6.45, 7) is 8.44. The van der Waals surface area contributed by atoms with Gasteiger partial charge < -0.3 is 5.11 Å². The first-order chi connectivity index (χ1) is 5.95. The van der Waals surface area contributed by atoms with E-state index in [0.717, 1.165) is 19.3 Å². The van der Waals surface area contributed by atoms with Crippen LogP contribution >= 0.6 is 0 Å². The smallest absolute Gasteiger partial charge is 0.306 e. The molecule has 0 spiro atoms. The van der Waals surface area contributed by atoms with E-state index in [9.17, 15) is 4.79 Å². The highest BCUT2D eigenvalue weighted by molar-refractivity contribution is 5.69. The summed E-state index contributed by atoms with van der Waals surface area (Å²) in [6, 6.07) is 0. The number of carboxylic acids is 1. The van der Waals surface area contributed by atoms with Crippen LogP contribution in [0.15, 0.2) is 0 Å². The van der Waals surface area contributed by atoms with Crippen LogP contribution < -0.4 is 0 Å². The maximum absolute atomic E-state index is 10.5. The third kappa shape index (κ3) is 5.67. The van der Waals surface area contributed by atoms with E-state index in [1.165, 1.54) is 0 Å². The predicted molar refractivity (Wildman–Crippen MR) is 54.7 cm³/mol. The number of hydrogen-bond donors (Lipinski definition) is 1. The Balaban J connectivity index is 3.50. The SMILES string of the molecule is CC(CCCC(C)C(C)C)C(=O)O. The van der Waals surface area contributed by atoms with Crippen molar-refractivity contribution in [2.75, 3.05) is 0 Å². The second-order valence-corrected chi connectivity index (χ2v) is 4.39. The van der Waals surface area contributed by atoms with Gasteiger partial charge in [0.1, 0.15) is 0 Å². The largest absolute Gasteiger partial charge is 0.481 e. The van der Waals surface area contributed by atoms with Gasteiger partial charge in [-0.05, 0) is 18.3 Å². The normalized spacial score (nSPS) is 15.8. The Morgan fingerprint density at radius 1 is 1.15 bits per heavy atom. The highest BCUT2D eigenvalue weighted by Crippen LogP contribution is 2.18. The van der Waals surface area contributed by atoms with E-state index in [1.54, 1.807) is 6.92 Å². The summed E-state index contributed by atoms with van der Waals surface area (Å²) in [4.78, 5) is 10.5. The average Bonchev–Trinajstić information content (AvgIpc) is 2.03. The fourth-order valence-corrected chi connectivity index (χ4v) is 1.20. The molecule has 13 heavy (non-hydrogen) atoms. The van der Waals surface area contributed by atoms with Gasteiger partial charge >= 0.3 is 5.97 Å². The summed E-state index contributed by atoms with van der Waals surface area (Å²) in [5.74, 6) is 0.567. The molecule has 0 saturated carbocycles. The van der Waals surface area contributed by atoms with E-state index in [1.807, 2.05) is 0 Å². The number of carboxylic acid groups (broad SMARTS) is 1. The molecule has 0 radical (unpaired) electrons. The van der Waals surface area contributed by atoms with Crippen molar-refractivity contribution < 1.29 is 9.90 Å². The molecule has 0 aliphatic carbocycles. The highest BCUT2D eigenvalue weighted by atomic mass is 16.4. The van der Waals surface area contributed by atoms with Crippen LogP contribution in [0.25, 0.3) is 0 Å². The van der Waals surface area contributed by atoms with Gasteiger partial charge in [-0.2, -0.15) is 0 Å². The monoisotopic (exact) mass is 186 g/mol. The summed E-state index contributed by atoms with van der Waals surface area (Å²) in [5, 5.41) is 8.66. The van der Waals surface area contributed by atoms with E-state index in [4.69, 9.17) is 5.11 Å². The minimum Gasteiger partial charge on any atom is -0.481 e. The minimum absolute atomic E-state index is 0.181. The minimum atomic E-state index is -0.669. The van der Waals surface area contributed by atoms with E-state index in [-0.39, 0.29) is 5.92 Å². The highest BCUT2D eigenvalue weighted by Gasteiger charge is 2.12. The molecule has 0 aliphatic rings. The van der Waals surface area contributed by atoms with Crippen molar-refractivity contribution in [3.63, 3.8) is 0 Å². The molecule has 1 N–H and O–H groups in total. The number of aliphatic carboxylic acids is 1. The quantitative estimate of drug-likeness (QED) is 0.691. The fourth-order valence-electron chi connectivity index (χ4n) is 1.20. The molecule has 0 amide bonds. The first-order valence-electron chi connectivity index (χ1n) is 5.18. The van der Waals surface area contributed by atoms with Crippen LogP contribution in [-0.4, -0.2) is 11.1 Å². The Bertz CT molecular complexity index is 152. The lowest BCUT2D eigenvalue weighted by Crippen LogP contribution is -2.10. The topological polar surface area (TPSA) is 37.3 Å². The third-order valence-electron chi connectivity index (χ3n) is 2.86. The maximum atomic E-state index is 10.5. The molecular weight excluding hydrogens is 164 g/mol. The number of carbonyl (C=O) groups is 1. The summed E-state index contributed by atoms with van der Waals surface area (Å²) >= 11 is 0. The van der Waals surface area contributed by atoms with Crippen LogP contribution in [0.1, 0.15) is 47.0 Å². The van der Waals surface area contributed by atoms with Gasteiger partial charge in [0.25, 0.3) is 0 Å². The second kappa shape index (κ2) is 6.01. The van der Waals surface area contributed by atoms with E-state index >= 15 is 0 Å². The van der Waals surface area contributed by atoms with Crippen LogP contribution in [0.3, 0.4) is 0 Å². The molecular formula is C11H22O2. The van der Waals surface area contributed by atoms with Crippen molar-refractivity contribution in [2.45, 2.75) is 47.0 Å². The Kier molecular flexibility index (Phi) is 5.76. The van der Waals surface area contributed by atoms with Crippen molar-refractivity contribution in [1.29, 1.82) is 0 Å². The second-order valence-electron chi connectivity index (χ2n) is 4.39. The summed E-state index contributed by atoms with van der Waals surface area (Å²) in [6.07, 6.45) is 2.99. The number of hydrogen-bond acceptors (Lipinski definition) is 1. The molecule has 0 bridgehead atoms. The van der Waals surface area contributed by atoms with E-state index < -0.39 is 5.97 Å². The first kappa shape index (κ1) is 12.5. The molecule has 0 heterocycles. The zero-order valence-corrected chi connectivity index (χ0v) is 9.21.